The van der Waals surface area contributed by atoms with Gasteiger partial charge in [-0.25, -0.2) is 14.2 Å². The highest BCUT2D eigenvalue weighted by Crippen LogP contribution is 2.34. The molecule has 0 radical (unpaired) electrons. The van der Waals surface area contributed by atoms with Crippen molar-refractivity contribution in [3.05, 3.63) is 89.2 Å². The Morgan fingerprint density at radius 2 is 1.69 bits per heavy atom. The maximum atomic E-state index is 14.7. The van der Waals surface area contributed by atoms with Crippen molar-refractivity contribution in [1.29, 1.82) is 0 Å². The van der Waals surface area contributed by atoms with Crippen LogP contribution in [-0.2, 0) is 4.74 Å². The molecule has 0 fully saturated rings. The molecular weight excluding hydrogens is 480 g/mol. The molecule has 4 aromatic rings. The summed E-state index contributed by atoms with van der Waals surface area (Å²) in [5, 5.41) is 2.51. The standard InChI is InChI=1S/C26H18F4N2O4/c1-14-22(24(33)32-21-10-8-16(12-19(21)27)25(34)35-2)18-13-17(36-26(28,29)30)9-11-20(18)31-23(14)15-6-4-3-5-7-15/h3-13H,1-2H3,(H,32,33). The summed E-state index contributed by atoms with van der Waals surface area (Å²) in [7, 11) is 1.15. The van der Waals surface area contributed by atoms with Crippen LogP contribution >= 0.6 is 0 Å². The largest absolute Gasteiger partial charge is 0.573 e. The Hall–Kier alpha value is -4.47. The van der Waals surface area contributed by atoms with E-state index in [0.29, 0.717) is 16.8 Å². The second-order valence-electron chi connectivity index (χ2n) is 7.69. The zero-order valence-corrected chi connectivity index (χ0v) is 18.9. The highest BCUT2D eigenvalue weighted by molar-refractivity contribution is 6.14. The van der Waals surface area contributed by atoms with E-state index in [9.17, 15) is 27.2 Å². The topological polar surface area (TPSA) is 77.5 Å². The second kappa shape index (κ2) is 9.65. The summed E-state index contributed by atoms with van der Waals surface area (Å²) in [6.07, 6.45) is -4.94. The molecule has 4 rings (SSSR count). The van der Waals surface area contributed by atoms with Crippen molar-refractivity contribution in [1.82, 2.24) is 4.98 Å². The molecule has 0 aliphatic carbocycles. The van der Waals surface area contributed by atoms with Crippen LogP contribution in [0.15, 0.2) is 66.7 Å². The van der Waals surface area contributed by atoms with Crippen molar-refractivity contribution in [2.24, 2.45) is 0 Å². The number of esters is 1. The Morgan fingerprint density at radius 1 is 0.972 bits per heavy atom. The summed E-state index contributed by atoms with van der Waals surface area (Å²) >= 11 is 0. The van der Waals surface area contributed by atoms with Gasteiger partial charge in [0.15, 0.2) is 0 Å². The fraction of sp³-hybridized carbons (Fsp3) is 0.115. The van der Waals surface area contributed by atoms with Crippen LogP contribution in [0.3, 0.4) is 0 Å². The van der Waals surface area contributed by atoms with Gasteiger partial charge in [-0.3, -0.25) is 4.79 Å². The number of amides is 1. The van der Waals surface area contributed by atoms with E-state index >= 15 is 0 Å². The number of hydrogen-bond acceptors (Lipinski definition) is 5. The summed E-state index contributed by atoms with van der Waals surface area (Å²) in [4.78, 5) is 29.6. The molecule has 6 nitrogen and oxygen atoms in total. The first-order valence-electron chi connectivity index (χ1n) is 10.5. The average Bonchev–Trinajstić information content (AvgIpc) is 2.83. The first kappa shape index (κ1) is 24.6. The average molecular weight is 498 g/mol. The van der Waals surface area contributed by atoms with Crippen molar-refractivity contribution in [3.63, 3.8) is 0 Å². The summed E-state index contributed by atoms with van der Waals surface area (Å²) in [5.41, 5.74) is 1.40. The molecule has 1 heterocycles. The van der Waals surface area contributed by atoms with Crippen molar-refractivity contribution < 1.29 is 36.6 Å². The summed E-state index contributed by atoms with van der Waals surface area (Å²) < 4.78 is 61.7. The predicted molar refractivity (Wildman–Crippen MR) is 124 cm³/mol. The van der Waals surface area contributed by atoms with E-state index in [4.69, 9.17) is 0 Å². The molecule has 0 spiro atoms. The number of nitrogens with zero attached hydrogens (tertiary/aromatic N) is 1. The third-order valence-corrected chi connectivity index (χ3v) is 5.35. The van der Waals surface area contributed by atoms with Crippen molar-refractivity contribution in [3.8, 4) is 17.0 Å². The summed E-state index contributed by atoms with van der Waals surface area (Å²) in [5.74, 6) is -2.98. The molecule has 0 saturated heterocycles. The fourth-order valence-corrected chi connectivity index (χ4v) is 3.75. The van der Waals surface area contributed by atoms with Gasteiger partial charge in [0.2, 0.25) is 0 Å². The molecule has 3 aromatic carbocycles. The van der Waals surface area contributed by atoms with Gasteiger partial charge in [-0.2, -0.15) is 0 Å². The van der Waals surface area contributed by atoms with Crippen LogP contribution < -0.4 is 10.1 Å². The number of benzene rings is 3. The predicted octanol–water partition coefficient (Wildman–Crippen LogP) is 6.29. The monoisotopic (exact) mass is 498 g/mol. The van der Waals surface area contributed by atoms with E-state index < -0.39 is 29.8 Å². The van der Waals surface area contributed by atoms with E-state index in [1.165, 1.54) is 18.2 Å². The van der Waals surface area contributed by atoms with Gasteiger partial charge in [-0.15, -0.1) is 13.2 Å². The normalized spacial score (nSPS) is 11.3. The number of aromatic nitrogens is 1. The number of anilines is 1. The summed E-state index contributed by atoms with van der Waals surface area (Å²) in [6, 6.07) is 15.7. The lowest BCUT2D eigenvalue weighted by Gasteiger charge is -2.16. The molecule has 36 heavy (non-hydrogen) atoms. The van der Waals surface area contributed by atoms with Gasteiger partial charge in [-0.05, 0) is 48.9 Å². The van der Waals surface area contributed by atoms with Gasteiger partial charge >= 0.3 is 12.3 Å². The third-order valence-electron chi connectivity index (χ3n) is 5.35. The molecule has 0 aliphatic rings. The number of carbonyl (C=O) groups is 2. The number of nitrogens with one attached hydrogen (secondary N) is 1. The van der Waals surface area contributed by atoms with Gasteiger partial charge in [-0.1, -0.05) is 30.3 Å². The van der Waals surface area contributed by atoms with E-state index in [1.807, 2.05) is 0 Å². The minimum atomic E-state index is -4.94. The van der Waals surface area contributed by atoms with Gasteiger partial charge < -0.3 is 14.8 Å². The third kappa shape index (κ3) is 5.12. The van der Waals surface area contributed by atoms with Crippen molar-refractivity contribution in [2.45, 2.75) is 13.3 Å². The minimum Gasteiger partial charge on any atom is -0.465 e. The van der Waals surface area contributed by atoms with Gasteiger partial charge in [0.25, 0.3) is 5.91 Å². The van der Waals surface area contributed by atoms with Crippen LogP contribution in [0.1, 0.15) is 26.3 Å². The molecule has 0 saturated carbocycles. The summed E-state index contributed by atoms with van der Waals surface area (Å²) in [6.45, 7) is 1.59. The van der Waals surface area contributed by atoms with Crippen molar-refractivity contribution >= 4 is 28.5 Å². The van der Waals surface area contributed by atoms with Crippen LogP contribution in [0.4, 0.5) is 23.2 Å². The number of ether oxygens (including phenoxy) is 2. The van der Waals surface area contributed by atoms with Gasteiger partial charge in [0, 0.05) is 10.9 Å². The van der Waals surface area contributed by atoms with E-state index in [-0.39, 0.29) is 27.7 Å². The number of halogens is 4. The number of hydrogen-bond donors (Lipinski definition) is 1. The lowest BCUT2D eigenvalue weighted by atomic mass is 9.97. The van der Waals surface area contributed by atoms with Crippen molar-refractivity contribution in [2.75, 3.05) is 12.4 Å². The number of alkyl halides is 3. The molecule has 0 bridgehead atoms. The zero-order chi connectivity index (χ0) is 26.0. The molecule has 0 atom stereocenters. The van der Waals surface area contributed by atoms with Crippen LogP contribution in [0.2, 0.25) is 0 Å². The maximum absolute atomic E-state index is 14.7. The molecule has 1 amide bonds. The lowest BCUT2D eigenvalue weighted by Crippen LogP contribution is -2.18. The number of methoxy groups -OCH3 is 1. The first-order valence-corrected chi connectivity index (χ1v) is 10.5. The molecule has 1 N–H and O–H groups in total. The van der Waals surface area contributed by atoms with E-state index in [2.05, 4.69) is 19.8 Å². The van der Waals surface area contributed by atoms with Crippen LogP contribution in [0.25, 0.3) is 22.2 Å². The number of fused-ring (bicyclic) bond motifs is 1. The van der Waals surface area contributed by atoms with Crippen LogP contribution in [0, 0.1) is 12.7 Å². The number of carbonyl (C=O) groups excluding carboxylic acids is 2. The van der Waals surface area contributed by atoms with E-state index in [1.54, 1.807) is 37.3 Å². The SMILES string of the molecule is COC(=O)c1ccc(NC(=O)c2c(C)c(-c3ccccc3)nc3ccc(OC(F)(F)F)cc23)c(F)c1. The quantitative estimate of drug-likeness (QED) is 0.259. The molecule has 1 aromatic heterocycles. The Labute approximate surface area is 202 Å². The Kier molecular flexibility index (Phi) is 6.61. The highest BCUT2D eigenvalue weighted by Gasteiger charge is 2.31. The molecular formula is C26H18F4N2O4. The van der Waals surface area contributed by atoms with Gasteiger partial charge in [0.05, 0.1) is 35.1 Å². The Morgan fingerprint density at radius 3 is 2.33 bits per heavy atom. The Balaban J connectivity index is 1.85. The number of pyridine rings is 1. The van der Waals surface area contributed by atoms with E-state index in [0.717, 1.165) is 25.3 Å². The molecule has 0 unspecified atom stereocenters. The second-order valence-corrected chi connectivity index (χ2v) is 7.69. The Bertz CT molecular complexity index is 1470. The van der Waals surface area contributed by atoms with Crippen LogP contribution in [0.5, 0.6) is 5.75 Å². The molecule has 184 valence electrons. The maximum Gasteiger partial charge on any atom is 0.573 e. The fourth-order valence-electron chi connectivity index (χ4n) is 3.75. The molecule has 10 heteroatoms. The minimum absolute atomic E-state index is 0.0112. The van der Waals surface area contributed by atoms with Gasteiger partial charge in [0.1, 0.15) is 11.6 Å². The highest BCUT2D eigenvalue weighted by atomic mass is 19.4. The zero-order valence-electron chi connectivity index (χ0n) is 18.9. The smallest absolute Gasteiger partial charge is 0.465 e. The van der Waals surface area contributed by atoms with Crippen LogP contribution in [-0.4, -0.2) is 30.3 Å². The number of rotatable bonds is 5. The first-order chi connectivity index (χ1) is 17.1. The lowest BCUT2D eigenvalue weighted by molar-refractivity contribution is -0.274. The molecule has 0 aliphatic heterocycles.